The lowest BCUT2D eigenvalue weighted by Crippen LogP contribution is -2.47. The molecule has 1 aliphatic rings. The van der Waals surface area contributed by atoms with Gasteiger partial charge in [-0.2, -0.15) is 5.10 Å². The molecular formula is C25H24F2N4O2. The standard InChI is InChI=1S/C25H24F2N4O2/c1-4-17-12-18-23(29-30(3)24(18)14-9-15(26)11-16(27)10-14)20(5-2)31(17)25(32)22-13-19-21(33-22)7-6-8-28-19/h6-11,13,17,20H,4-5,12H2,1-3H3. The Morgan fingerprint density at radius 1 is 1.15 bits per heavy atom. The number of aromatic nitrogens is 3. The third kappa shape index (κ3) is 3.50. The van der Waals surface area contributed by atoms with E-state index in [2.05, 4.69) is 4.98 Å². The first kappa shape index (κ1) is 21.3. The van der Waals surface area contributed by atoms with Crippen LogP contribution in [0.2, 0.25) is 0 Å². The van der Waals surface area contributed by atoms with Crippen LogP contribution in [0.25, 0.3) is 22.4 Å². The second-order valence-corrected chi connectivity index (χ2v) is 8.39. The molecule has 0 saturated heterocycles. The van der Waals surface area contributed by atoms with Crippen molar-refractivity contribution < 1.29 is 18.0 Å². The first-order valence-electron chi connectivity index (χ1n) is 11.1. The van der Waals surface area contributed by atoms with Crippen molar-refractivity contribution in [2.45, 2.75) is 45.2 Å². The fourth-order valence-corrected chi connectivity index (χ4v) is 4.97. The summed E-state index contributed by atoms with van der Waals surface area (Å²) in [5, 5.41) is 4.71. The fourth-order valence-electron chi connectivity index (χ4n) is 4.97. The quantitative estimate of drug-likeness (QED) is 0.416. The van der Waals surface area contributed by atoms with Gasteiger partial charge in [-0.3, -0.25) is 14.5 Å². The van der Waals surface area contributed by atoms with E-state index in [1.54, 1.807) is 36.1 Å². The molecule has 1 aromatic carbocycles. The zero-order chi connectivity index (χ0) is 23.3. The normalized spacial score (nSPS) is 18.0. The monoisotopic (exact) mass is 450 g/mol. The predicted molar refractivity (Wildman–Crippen MR) is 120 cm³/mol. The van der Waals surface area contributed by atoms with Crippen LogP contribution >= 0.6 is 0 Å². The number of hydrogen-bond acceptors (Lipinski definition) is 4. The number of hydrogen-bond donors (Lipinski definition) is 0. The number of carbonyl (C=O) groups is 1. The van der Waals surface area contributed by atoms with Gasteiger partial charge in [0.25, 0.3) is 5.91 Å². The summed E-state index contributed by atoms with van der Waals surface area (Å²) >= 11 is 0. The Kier molecular flexibility index (Phi) is 5.23. The van der Waals surface area contributed by atoms with Crippen LogP contribution in [0.15, 0.2) is 47.0 Å². The zero-order valence-corrected chi connectivity index (χ0v) is 18.7. The minimum Gasteiger partial charge on any atom is -0.449 e. The van der Waals surface area contributed by atoms with Crippen molar-refractivity contribution in [1.82, 2.24) is 19.7 Å². The van der Waals surface area contributed by atoms with Gasteiger partial charge in [0.1, 0.15) is 17.2 Å². The molecule has 0 saturated carbocycles. The topological polar surface area (TPSA) is 64.2 Å². The second-order valence-electron chi connectivity index (χ2n) is 8.39. The average molecular weight is 450 g/mol. The van der Waals surface area contributed by atoms with E-state index < -0.39 is 11.6 Å². The molecule has 4 heterocycles. The van der Waals surface area contributed by atoms with E-state index in [0.717, 1.165) is 17.3 Å². The Labute approximate surface area is 189 Å². The number of carbonyl (C=O) groups excluding carboxylic acids is 1. The van der Waals surface area contributed by atoms with E-state index in [4.69, 9.17) is 9.52 Å². The number of aryl methyl sites for hydroxylation is 1. The van der Waals surface area contributed by atoms with Crippen LogP contribution < -0.4 is 0 Å². The minimum atomic E-state index is -0.634. The highest BCUT2D eigenvalue weighted by Gasteiger charge is 2.41. The van der Waals surface area contributed by atoms with Gasteiger partial charge in [-0.05, 0) is 43.5 Å². The molecule has 1 aliphatic heterocycles. The molecule has 170 valence electrons. The maximum atomic E-state index is 14.0. The van der Waals surface area contributed by atoms with E-state index in [1.165, 1.54) is 12.1 Å². The van der Waals surface area contributed by atoms with Crippen LogP contribution in [0, 0.1) is 11.6 Å². The number of fused-ring (bicyclic) bond motifs is 2. The molecule has 5 rings (SSSR count). The maximum absolute atomic E-state index is 14.0. The van der Waals surface area contributed by atoms with Crippen molar-refractivity contribution in [3.63, 3.8) is 0 Å². The molecule has 4 aromatic rings. The highest BCUT2D eigenvalue weighted by Crippen LogP contribution is 2.41. The van der Waals surface area contributed by atoms with E-state index >= 15 is 0 Å². The molecule has 0 bridgehead atoms. The van der Waals surface area contributed by atoms with E-state index in [0.29, 0.717) is 41.6 Å². The van der Waals surface area contributed by atoms with Crippen LogP contribution in [0.4, 0.5) is 8.78 Å². The summed E-state index contributed by atoms with van der Waals surface area (Å²) in [6.45, 7) is 4.03. The summed E-state index contributed by atoms with van der Waals surface area (Å²) in [5.74, 6) is -1.23. The molecule has 2 atom stereocenters. The maximum Gasteiger partial charge on any atom is 0.290 e. The van der Waals surface area contributed by atoms with Gasteiger partial charge in [0.05, 0.1) is 17.4 Å². The Hall–Kier alpha value is -3.55. The summed E-state index contributed by atoms with van der Waals surface area (Å²) in [5.41, 5.74) is 4.00. The Bertz CT molecular complexity index is 1310. The van der Waals surface area contributed by atoms with Gasteiger partial charge in [-0.1, -0.05) is 13.8 Å². The van der Waals surface area contributed by atoms with E-state index in [1.807, 2.05) is 18.7 Å². The van der Waals surface area contributed by atoms with Crippen LogP contribution in [0.5, 0.6) is 0 Å². The van der Waals surface area contributed by atoms with Gasteiger partial charge in [-0.25, -0.2) is 8.78 Å². The third-order valence-electron chi connectivity index (χ3n) is 6.39. The molecule has 8 heteroatoms. The molecule has 33 heavy (non-hydrogen) atoms. The van der Waals surface area contributed by atoms with Crippen LogP contribution in [0.3, 0.4) is 0 Å². The van der Waals surface area contributed by atoms with Crippen LogP contribution in [-0.2, 0) is 13.5 Å². The van der Waals surface area contributed by atoms with Gasteiger partial charge < -0.3 is 9.32 Å². The smallest absolute Gasteiger partial charge is 0.290 e. The molecular weight excluding hydrogens is 426 g/mol. The SMILES string of the molecule is CCC1Cc2c(nn(C)c2-c2cc(F)cc(F)c2)C(CC)N1C(=O)c1cc2ncccc2o1. The van der Waals surface area contributed by atoms with Gasteiger partial charge in [0, 0.05) is 42.5 Å². The number of rotatable bonds is 4. The van der Waals surface area contributed by atoms with E-state index in [9.17, 15) is 13.6 Å². The number of furan rings is 1. The molecule has 2 unspecified atom stereocenters. The fraction of sp³-hybridized carbons (Fsp3) is 0.320. The first-order valence-corrected chi connectivity index (χ1v) is 11.1. The first-order chi connectivity index (χ1) is 15.9. The van der Waals surface area contributed by atoms with Crippen molar-refractivity contribution in [3.8, 4) is 11.3 Å². The lowest BCUT2D eigenvalue weighted by molar-refractivity contribution is 0.0482. The van der Waals surface area contributed by atoms with Crippen molar-refractivity contribution in [2.75, 3.05) is 0 Å². The van der Waals surface area contributed by atoms with Gasteiger partial charge in [-0.15, -0.1) is 0 Å². The van der Waals surface area contributed by atoms with Crippen molar-refractivity contribution in [2.24, 2.45) is 7.05 Å². The number of pyridine rings is 1. The number of amides is 1. The van der Waals surface area contributed by atoms with E-state index in [-0.39, 0.29) is 23.8 Å². The predicted octanol–water partition coefficient (Wildman–Crippen LogP) is 5.43. The number of benzene rings is 1. The molecule has 0 N–H and O–H groups in total. The third-order valence-corrected chi connectivity index (χ3v) is 6.39. The Morgan fingerprint density at radius 3 is 2.58 bits per heavy atom. The molecule has 3 aromatic heterocycles. The molecule has 0 fully saturated rings. The second kappa shape index (κ2) is 8.10. The molecule has 0 aliphatic carbocycles. The summed E-state index contributed by atoms with van der Waals surface area (Å²) in [4.78, 5) is 19.8. The highest BCUT2D eigenvalue weighted by molar-refractivity contribution is 5.96. The number of nitrogens with zero attached hydrogens (tertiary/aromatic N) is 4. The number of halogens is 2. The summed E-state index contributed by atoms with van der Waals surface area (Å²) in [7, 11) is 1.77. The summed E-state index contributed by atoms with van der Waals surface area (Å²) in [6.07, 6.45) is 3.55. The van der Waals surface area contributed by atoms with Gasteiger partial charge in [0.15, 0.2) is 11.3 Å². The summed E-state index contributed by atoms with van der Waals surface area (Å²) in [6, 6.07) is 8.32. The highest BCUT2D eigenvalue weighted by atomic mass is 19.1. The minimum absolute atomic E-state index is 0.113. The van der Waals surface area contributed by atoms with Crippen molar-refractivity contribution in [3.05, 3.63) is 71.2 Å². The summed E-state index contributed by atoms with van der Waals surface area (Å²) < 4.78 is 35.4. The molecule has 6 nitrogen and oxygen atoms in total. The largest absolute Gasteiger partial charge is 0.449 e. The lowest BCUT2D eigenvalue weighted by atomic mass is 9.87. The van der Waals surface area contributed by atoms with Crippen LogP contribution in [0.1, 0.15) is 54.5 Å². The lowest BCUT2D eigenvalue weighted by Gasteiger charge is -2.40. The molecule has 1 amide bonds. The molecule has 0 spiro atoms. The van der Waals surface area contributed by atoms with Crippen molar-refractivity contribution >= 4 is 17.0 Å². The zero-order valence-electron chi connectivity index (χ0n) is 18.7. The Balaban J connectivity index is 1.60. The Morgan fingerprint density at radius 2 is 1.91 bits per heavy atom. The van der Waals surface area contributed by atoms with Crippen molar-refractivity contribution in [1.29, 1.82) is 0 Å². The molecule has 0 radical (unpaired) electrons. The average Bonchev–Trinajstić information content (AvgIpc) is 3.36. The van der Waals surface area contributed by atoms with Gasteiger partial charge >= 0.3 is 0 Å². The van der Waals surface area contributed by atoms with Gasteiger partial charge in [0.2, 0.25) is 0 Å². The van der Waals surface area contributed by atoms with Crippen LogP contribution in [-0.4, -0.2) is 31.6 Å².